The molecule has 2 heteroatoms. The van der Waals surface area contributed by atoms with Crippen molar-refractivity contribution in [3.63, 3.8) is 0 Å². The Morgan fingerprint density at radius 2 is 1.85 bits per heavy atom. The van der Waals surface area contributed by atoms with E-state index in [-0.39, 0.29) is 5.41 Å². The normalized spacial score (nSPS) is 17.4. The maximum Gasteiger partial charge on any atom is 0.0107 e. The molecular formula is C18H30N2. The number of aryl methyl sites for hydroxylation is 2. The van der Waals surface area contributed by atoms with Crippen molar-refractivity contribution in [3.05, 3.63) is 34.9 Å². The van der Waals surface area contributed by atoms with E-state index in [4.69, 9.17) is 0 Å². The number of rotatable bonds is 4. The first-order chi connectivity index (χ1) is 9.47. The summed E-state index contributed by atoms with van der Waals surface area (Å²) in [5.74, 6) is 0. The predicted molar refractivity (Wildman–Crippen MR) is 87.5 cm³/mol. The van der Waals surface area contributed by atoms with Gasteiger partial charge in [-0.1, -0.05) is 39.0 Å². The molecule has 1 fully saturated rings. The lowest BCUT2D eigenvalue weighted by atomic mass is 9.83. The zero-order chi connectivity index (χ0) is 14.6. The molecule has 1 N–H and O–H groups in total. The average Bonchev–Trinajstić information content (AvgIpc) is 2.40. The van der Waals surface area contributed by atoms with Gasteiger partial charge in [0.05, 0.1) is 0 Å². The lowest BCUT2D eigenvalue weighted by molar-refractivity contribution is 0.238. The highest BCUT2D eigenvalue weighted by Gasteiger charge is 2.16. The maximum absolute atomic E-state index is 3.41. The van der Waals surface area contributed by atoms with Crippen molar-refractivity contribution in [2.45, 2.75) is 46.0 Å². The fourth-order valence-corrected chi connectivity index (χ4v) is 3.07. The molecule has 0 unspecified atom stereocenters. The molecular weight excluding hydrogens is 244 g/mol. The van der Waals surface area contributed by atoms with Crippen LogP contribution < -0.4 is 5.32 Å². The van der Waals surface area contributed by atoms with Gasteiger partial charge in [0.15, 0.2) is 0 Å². The van der Waals surface area contributed by atoms with Gasteiger partial charge in [-0.3, -0.25) is 0 Å². The quantitative estimate of drug-likeness (QED) is 0.907. The molecule has 0 atom stereocenters. The van der Waals surface area contributed by atoms with Gasteiger partial charge in [-0.05, 0) is 48.4 Å². The molecule has 0 bridgehead atoms. The van der Waals surface area contributed by atoms with Gasteiger partial charge < -0.3 is 10.2 Å². The van der Waals surface area contributed by atoms with E-state index < -0.39 is 0 Å². The number of piperazine rings is 1. The predicted octanol–water partition coefficient (Wildman–Crippen LogP) is 3.13. The van der Waals surface area contributed by atoms with Gasteiger partial charge in [0.2, 0.25) is 0 Å². The highest BCUT2D eigenvalue weighted by Crippen LogP contribution is 2.26. The van der Waals surface area contributed by atoms with Crippen LogP contribution in [0.1, 0.15) is 43.9 Å². The van der Waals surface area contributed by atoms with Crippen molar-refractivity contribution in [2.75, 3.05) is 32.7 Å². The van der Waals surface area contributed by atoms with Crippen molar-refractivity contribution < 1.29 is 0 Å². The van der Waals surface area contributed by atoms with Gasteiger partial charge in [-0.15, -0.1) is 0 Å². The van der Waals surface area contributed by atoms with Gasteiger partial charge in [-0.2, -0.15) is 0 Å². The molecule has 1 heterocycles. The number of benzene rings is 1. The van der Waals surface area contributed by atoms with Crippen molar-refractivity contribution in [1.29, 1.82) is 0 Å². The van der Waals surface area contributed by atoms with Crippen LogP contribution in [0.3, 0.4) is 0 Å². The molecule has 0 amide bonds. The molecule has 2 rings (SSSR count). The summed E-state index contributed by atoms with van der Waals surface area (Å²) in [5, 5.41) is 3.41. The summed E-state index contributed by atoms with van der Waals surface area (Å²) in [6.07, 6.45) is 2.47. The van der Waals surface area contributed by atoms with Crippen LogP contribution in [-0.4, -0.2) is 37.6 Å². The van der Waals surface area contributed by atoms with E-state index in [1.807, 2.05) is 0 Å². The summed E-state index contributed by atoms with van der Waals surface area (Å²) < 4.78 is 0. The van der Waals surface area contributed by atoms with Crippen LogP contribution in [0.15, 0.2) is 18.2 Å². The largest absolute Gasteiger partial charge is 0.314 e. The summed E-state index contributed by atoms with van der Waals surface area (Å²) in [6.45, 7) is 15.1. The molecule has 112 valence electrons. The smallest absolute Gasteiger partial charge is 0.0107 e. The molecule has 0 radical (unpaired) electrons. The monoisotopic (exact) mass is 274 g/mol. The molecule has 1 aliphatic heterocycles. The SMILES string of the molecule is Cc1ccc(CCCN2CCNCC2)cc1C(C)(C)C. The third-order valence-electron chi connectivity index (χ3n) is 4.26. The van der Waals surface area contributed by atoms with Crippen LogP contribution in [0.25, 0.3) is 0 Å². The van der Waals surface area contributed by atoms with E-state index in [1.165, 1.54) is 49.2 Å². The van der Waals surface area contributed by atoms with Gasteiger partial charge in [0.1, 0.15) is 0 Å². The van der Waals surface area contributed by atoms with E-state index in [0.717, 1.165) is 13.1 Å². The second kappa shape index (κ2) is 6.73. The Bertz CT molecular complexity index is 426. The van der Waals surface area contributed by atoms with E-state index in [9.17, 15) is 0 Å². The Labute approximate surface area is 124 Å². The summed E-state index contributed by atoms with van der Waals surface area (Å²) in [4.78, 5) is 2.58. The van der Waals surface area contributed by atoms with Crippen LogP contribution in [0.2, 0.25) is 0 Å². The standard InChI is InChI=1S/C18H30N2/c1-15-7-8-16(14-17(15)18(2,3)4)6-5-11-20-12-9-19-10-13-20/h7-8,14,19H,5-6,9-13H2,1-4H3. The van der Waals surface area contributed by atoms with Gasteiger partial charge in [0, 0.05) is 26.2 Å². The molecule has 1 aromatic rings. The summed E-state index contributed by atoms with van der Waals surface area (Å²) >= 11 is 0. The Hall–Kier alpha value is -0.860. The Morgan fingerprint density at radius 1 is 1.15 bits per heavy atom. The van der Waals surface area contributed by atoms with Gasteiger partial charge in [-0.25, -0.2) is 0 Å². The summed E-state index contributed by atoms with van der Waals surface area (Å²) in [6, 6.07) is 7.02. The lowest BCUT2D eigenvalue weighted by Gasteiger charge is -2.27. The maximum atomic E-state index is 3.41. The molecule has 20 heavy (non-hydrogen) atoms. The van der Waals surface area contributed by atoms with Gasteiger partial charge in [0.25, 0.3) is 0 Å². The van der Waals surface area contributed by atoms with E-state index in [1.54, 1.807) is 0 Å². The lowest BCUT2D eigenvalue weighted by Crippen LogP contribution is -2.43. The van der Waals surface area contributed by atoms with E-state index in [2.05, 4.69) is 56.1 Å². The van der Waals surface area contributed by atoms with Crippen molar-refractivity contribution in [2.24, 2.45) is 0 Å². The van der Waals surface area contributed by atoms with Crippen LogP contribution in [0.5, 0.6) is 0 Å². The number of hydrogen-bond donors (Lipinski definition) is 1. The average molecular weight is 274 g/mol. The second-order valence-electron chi connectivity index (χ2n) is 7.09. The summed E-state index contributed by atoms with van der Waals surface area (Å²) in [5.41, 5.74) is 4.66. The van der Waals surface area contributed by atoms with Gasteiger partial charge >= 0.3 is 0 Å². The topological polar surface area (TPSA) is 15.3 Å². The Kier molecular flexibility index (Phi) is 5.22. The first-order valence-electron chi connectivity index (χ1n) is 8.00. The van der Waals surface area contributed by atoms with Crippen molar-refractivity contribution in [3.8, 4) is 0 Å². The molecule has 1 saturated heterocycles. The Balaban J connectivity index is 1.89. The fourth-order valence-electron chi connectivity index (χ4n) is 3.07. The van der Waals surface area contributed by atoms with Crippen LogP contribution in [0.4, 0.5) is 0 Å². The molecule has 0 saturated carbocycles. The molecule has 0 aromatic heterocycles. The molecule has 2 nitrogen and oxygen atoms in total. The minimum Gasteiger partial charge on any atom is -0.314 e. The van der Waals surface area contributed by atoms with Crippen molar-refractivity contribution >= 4 is 0 Å². The second-order valence-corrected chi connectivity index (χ2v) is 7.09. The van der Waals surface area contributed by atoms with Crippen molar-refractivity contribution in [1.82, 2.24) is 10.2 Å². The fraction of sp³-hybridized carbons (Fsp3) is 0.667. The molecule has 1 aliphatic rings. The van der Waals surface area contributed by atoms with Crippen LogP contribution in [-0.2, 0) is 11.8 Å². The van der Waals surface area contributed by atoms with Crippen LogP contribution in [0, 0.1) is 6.92 Å². The minimum atomic E-state index is 0.249. The zero-order valence-electron chi connectivity index (χ0n) is 13.6. The number of hydrogen-bond acceptors (Lipinski definition) is 2. The highest BCUT2D eigenvalue weighted by molar-refractivity contribution is 5.35. The number of nitrogens with zero attached hydrogens (tertiary/aromatic N) is 1. The Morgan fingerprint density at radius 3 is 2.50 bits per heavy atom. The minimum absolute atomic E-state index is 0.249. The first-order valence-corrected chi connectivity index (χ1v) is 8.00. The summed E-state index contributed by atoms with van der Waals surface area (Å²) in [7, 11) is 0. The first kappa shape index (κ1) is 15.5. The number of nitrogens with one attached hydrogen (secondary N) is 1. The van der Waals surface area contributed by atoms with Crippen LogP contribution >= 0.6 is 0 Å². The third-order valence-corrected chi connectivity index (χ3v) is 4.26. The molecule has 0 aliphatic carbocycles. The van der Waals surface area contributed by atoms with E-state index in [0.29, 0.717) is 0 Å². The molecule has 0 spiro atoms. The third kappa shape index (κ3) is 4.32. The zero-order valence-corrected chi connectivity index (χ0v) is 13.6. The highest BCUT2D eigenvalue weighted by atomic mass is 15.2. The van der Waals surface area contributed by atoms with E-state index >= 15 is 0 Å². The molecule has 1 aromatic carbocycles.